The zero-order valence-electron chi connectivity index (χ0n) is 15.6. The molecule has 0 aliphatic heterocycles. The first-order chi connectivity index (χ1) is 10.6. The maximum atomic E-state index is 11.6. The molecule has 0 aromatic heterocycles. The summed E-state index contributed by atoms with van der Waals surface area (Å²) in [6, 6.07) is 6.43. The van der Waals surface area contributed by atoms with Gasteiger partial charge in [0, 0.05) is 0 Å². The summed E-state index contributed by atoms with van der Waals surface area (Å²) in [6.07, 6.45) is 2.00. The smallest absolute Gasteiger partial charge is 0.262 e. The van der Waals surface area contributed by atoms with Crippen LogP contribution >= 0.6 is 11.6 Å². The second-order valence-corrected chi connectivity index (χ2v) is 7.88. The third-order valence-electron chi connectivity index (χ3n) is 5.15. The third kappa shape index (κ3) is 4.73. The highest BCUT2D eigenvalue weighted by atomic mass is 35.5. The number of carbonyl (C=O) groups is 1. The first-order valence-electron chi connectivity index (χ1n) is 8.60. The number of carbonyl (C=O) groups excluding carboxylic acids is 1. The van der Waals surface area contributed by atoms with Crippen LogP contribution < -0.4 is 4.74 Å². The number of benzene rings is 1. The lowest BCUT2D eigenvalue weighted by molar-refractivity contribution is -0.118. The van der Waals surface area contributed by atoms with Crippen molar-refractivity contribution in [1.82, 2.24) is 0 Å². The van der Waals surface area contributed by atoms with E-state index >= 15 is 0 Å². The van der Waals surface area contributed by atoms with Gasteiger partial charge in [0.25, 0.3) is 5.24 Å². The predicted molar refractivity (Wildman–Crippen MR) is 98.6 cm³/mol. The molecule has 1 rings (SSSR count). The van der Waals surface area contributed by atoms with Crippen molar-refractivity contribution >= 4 is 16.8 Å². The largest absolute Gasteiger partial charge is 0.481 e. The molecule has 1 unspecified atom stereocenters. The van der Waals surface area contributed by atoms with Crippen molar-refractivity contribution in [2.45, 2.75) is 84.7 Å². The Labute approximate surface area is 146 Å². The Morgan fingerprint density at radius 1 is 1.09 bits per heavy atom. The molecule has 0 heterocycles. The van der Waals surface area contributed by atoms with Crippen molar-refractivity contribution in [1.29, 1.82) is 0 Å². The molecule has 0 fully saturated rings. The molecular formula is C20H31ClO2. The SMILES string of the molecule is CCC(Oc1cc(C(C)(C)CC)ccc1C(C)(C)CC)C(=O)Cl. The number of ether oxygens (including phenoxy) is 1. The van der Waals surface area contributed by atoms with Crippen molar-refractivity contribution < 1.29 is 9.53 Å². The summed E-state index contributed by atoms with van der Waals surface area (Å²) in [6.45, 7) is 15.1. The molecule has 0 radical (unpaired) electrons. The molecule has 1 atom stereocenters. The van der Waals surface area contributed by atoms with Gasteiger partial charge in [0.15, 0.2) is 6.10 Å². The number of hydrogen-bond acceptors (Lipinski definition) is 2. The van der Waals surface area contributed by atoms with Crippen LogP contribution in [0.3, 0.4) is 0 Å². The Morgan fingerprint density at radius 3 is 2.09 bits per heavy atom. The van der Waals surface area contributed by atoms with Crippen molar-refractivity contribution in [2.24, 2.45) is 0 Å². The summed E-state index contributed by atoms with van der Waals surface area (Å²) in [5.41, 5.74) is 2.41. The molecule has 0 amide bonds. The molecule has 1 aromatic carbocycles. The summed E-state index contributed by atoms with van der Waals surface area (Å²) in [4.78, 5) is 11.6. The summed E-state index contributed by atoms with van der Waals surface area (Å²) >= 11 is 5.69. The molecule has 0 aliphatic carbocycles. The number of hydrogen-bond donors (Lipinski definition) is 0. The molecule has 0 aliphatic rings. The lowest BCUT2D eigenvalue weighted by Gasteiger charge is -2.30. The Hall–Kier alpha value is -1.02. The molecular weight excluding hydrogens is 308 g/mol. The topological polar surface area (TPSA) is 26.3 Å². The van der Waals surface area contributed by atoms with Gasteiger partial charge in [-0.2, -0.15) is 0 Å². The summed E-state index contributed by atoms with van der Waals surface area (Å²) in [5.74, 6) is 0.789. The average molecular weight is 339 g/mol. The standard InChI is InChI=1S/C20H31ClO2/c1-8-16(18(21)22)23-17-13-14(19(4,5)9-2)11-12-15(17)20(6,7)10-3/h11-13,16H,8-10H2,1-7H3. The van der Waals surface area contributed by atoms with E-state index in [1.165, 1.54) is 5.56 Å². The maximum Gasteiger partial charge on any atom is 0.262 e. The van der Waals surface area contributed by atoms with E-state index in [-0.39, 0.29) is 10.8 Å². The zero-order chi connectivity index (χ0) is 17.8. The van der Waals surface area contributed by atoms with Gasteiger partial charge in [-0.3, -0.25) is 4.79 Å². The summed E-state index contributed by atoms with van der Waals surface area (Å²) < 4.78 is 6.04. The molecule has 0 saturated heterocycles. The monoisotopic (exact) mass is 338 g/mol. The molecule has 2 nitrogen and oxygen atoms in total. The minimum atomic E-state index is -0.594. The Balaban J connectivity index is 3.40. The molecule has 0 spiro atoms. The van der Waals surface area contributed by atoms with E-state index in [9.17, 15) is 4.79 Å². The van der Waals surface area contributed by atoms with Crippen molar-refractivity contribution in [3.63, 3.8) is 0 Å². The van der Waals surface area contributed by atoms with Crippen LogP contribution in [0, 0.1) is 0 Å². The van der Waals surface area contributed by atoms with E-state index < -0.39 is 11.3 Å². The molecule has 23 heavy (non-hydrogen) atoms. The highest BCUT2D eigenvalue weighted by molar-refractivity contribution is 6.64. The van der Waals surface area contributed by atoms with Gasteiger partial charge in [-0.15, -0.1) is 0 Å². The Morgan fingerprint density at radius 2 is 1.65 bits per heavy atom. The van der Waals surface area contributed by atoms with Crippen LogP contribution in [-0.2, 0) is 15.6 Å². The summed E-state index contributed by atoms with van der Waals surface area (Å²) in [5, 5.41) is -0.437. The molecule has 3 heteroatoms. The van der Waals surface area contributed by atoms with E-state index in [2.05, 4.69) is 59.7 Å². The van der Waals surface area contributed by atoms with Crippen LogP contribution in [0.15, 0.2) is 18.2 Å². The molecule has 1 aromatic rings. The quantitative estimate of drug-likeness (QED) is 0.544. The van der Waals surface area contributed by atoms with Gasteiger partial charge in [0.1, 0.15) is 5.75 Å². The average Bonchev–Trinajstić information content (AvgIpc) is 2.51. The molecule has 0 saturated carbocycles. The van der Waals surface area contributed by atoms with E-state index in [4.69, 9.17) is 16.3 Å². The molecule has 0 bridgehead atoms. The van der Waals surface area contributed by atoms with E-state index in [0.717, 1.165) is 24.2 Å². The fraction of sp³-hybridized carbons (Fsp3) is 0.650. The van der Waals surface area contributed by atoms with Gasteiger partial charge in [-0.25, -0.2) is 0 Å². The first-order valence-corrected chi connectivity index (χ1v) is 8.97. The zero-order valence-corrected chi connectivity index (χ0v) is 16.4. The van der Waals surface area contributed by atoms with Crippen LogP contribution in [0.5, 0.6) is 5.75 Å². The van der Waals surface area contributed by atoms with Crippen molar-refractivity contribution in [3.05, 3.63) is 29.3 Å². The third-order valence-corrected chi connectivity index (χ3v) is 5.40. The van der Waals surface area contributed by atoms with Gasteiger partial charge < -0.3 is 4.74 Å². The lowest BCUT2D eigenvalue weighted by atomic mass is 9.77. The van der Waals surface area contributed by atoms with Crippen LogP contribution in [-0.4, -0.2) is 11.3 Å². The van der Waals surface area contributed by atoms with Crippen LogP contribution in [0.2, 0.25) is 0 Å². The Bertz CT molecular complexity index is 547. The fourth-order valence-corrected chi connectivity index (χ4v) is 2.64. The van der Waals surface area contributed by atoms with E-state index in [1.807, 2.05) is 6.92 Å². The van der Waals surface area contributed by atoms with Crippen LogP contribution in [0.25, 0.3) is 0 Å². The van der Waals surface area contributed by atoms with Crippen molar-refractivity contribution in [2.75, 3.05) is 0 Å². The van der Waals surface area contributed by atoms with E-state index in [1.54, 1.807) is 0 Å². The Kier molecular flexibility index (Phi) is 6.70. The molecule has 130 valence electrons. The van der Waals surface area contributed by atoms with Gasteiger partial charge in [0.05, 0.1) is 0 Å². The normalized spacial score (nSPS) is 13.7. The molecule has 0 N–H and O–H groups in total. The fourth-order valence-electron chi connectivity index (χ4n) is 2.44. The van der Waals surface area contributed by atoms with Gasteiger partial charge in [-0.05, 0) is 58.9 Å². The minimum Gasteiger partial charge on any atom is -0.481 e. The lowest BCUT2D eigenvalue weighted by Crippen LogP contribution is -2.26. The van der Waals surface area contributed by atoms with Crippen LogP contribution in [0.4, 0.5) is 0 Å². The van der Waals surface area contributed by atoms with Crippen molar-refractivity contribution in [3.8, 4) is 5.75 Å². The number of halogens is 1. The number of rotatable bonds is 8. The summed E-state index contributed by atoms with van der Waals surface area (Å²) in [7, 11) is 0. The van der Waals surface area contributed by atoms with Gasteiger partial charge in [0.2, 0.25) is 0 Å². The second kappa shape index (κ2) is 7.70. The highest BCUT2D eigenvalue weighted by Crippen LogP contribution is 2.38. The minimum absolute atomic E-state index is 0.0160. The highest BCUT2D eigenvalue weighted by Gasteiger charge is 2.28. The second-order valence-electron chi connectivity index (χ2n) is 7.50. The first kappa shape index (κ1) is 20.0. The van der Waals surface area contributed by atoms with E-state index in [0.29, 0.717) is 6.42 Å². The van der Waals surface area contributed by atoms with Crippen LogP contribution in [0.1, 0.15) is 78.9 Å². The van der Waals surface area contributed by atoms with Gasteiger partial charge >= 0.3 is 0 Å². The maximum absolute atomic E-state index is 11.6. The predicted octanol–water partition coefficient (Wildman–Crippen LogP) is 5.98. The van der Waals surface area contributed by atoms with Gasteiger partial charge in [-0.1, -0.05) is 60.6 Å².